The molecule has 5 nitrogen and oxygen atoms in total. The van der Waals surface area contributed by atoms with E-state index in [1.165, 1.54) is 0 Å². The Bertz CT molecular complexity index is 627. The van der Waals surface area contributed by atoms with Gasteiger partial charge in [0.05, 0.1) is 10.9 Å². The number of nitrogens with zero attached hydrogens (tertiary/aromatic N) is 2. The highest BCUT2D eigenvalue weighted by atomic mass is 35.5. The van der Waals surface area contributed by atoms with E-state index in [1.807, 2.05) is 0 Å². The van der Waals surface area contributed by atoms with Gasteiger partial charge in [0, 0.05) is 18.6 Å². The third-order valence-electron chi connectivity index (χ3n) is 2.69. The molecule has 0 aliphatic carbocycles. The molecule has 1 unspecified atom stereocenters. The van der Waals surface area contributed by atoms with Crippen molar-refractivity contribution in [1.29, 1.82) is 0 Å². The van der Waals surface area contributed by atoms with E-state index < -0.39 is 11.9 Å². The molecule has 1 N–H and O–H groups in total. The molecule has 7 heteroatoms. The van der Waals surface area contributed by atoms with Crippen molar-refractivity contribution in [2.75, 3.05) is 18.5 Å². The Morgan fingerprint density at radius 2 is 2.21 bits per heavy atom. The fraction of sp³-hybridized carbons (Fsp3) is 0.333. The molecule has 1 heterocycles. The third kappa shape index (κ3) is 2.93. The molecule has 1 atom stereocenters. The van der Waals surface area contributed by atoms with Gasteiger partial charge in [0.25, 0.3) is 6.01 Å². The summed E-state index contributed by atoms with van der Waals surface area (Å²) in [4.78, 5) is 16.7. The topological polar surface area (TPSA) is 66.6 Å². The molecular weight excluding hydrogens is 291 g/mol. The van der Waals surface area contributed by atoms with Crippen LogP contribution in [0.1, 0.15) is 6.92 Å². The van der Waals surface area contributed by atoms with Gasteiger partial charge >= 0.3 is 5.97 Å². The molecule has 2 aromatic rings. The average molecular weight is 303 g/mol. The standard InChI is InChI=1S/C12H12Cl2N2O3/c1-6(11(17)18)5-16(2)12-15-9-4-7(13)3-8(14)10(9)19-12/h3-4,6H,5H2,1-2H3,(H,17,18). The van der Waals surface area contributed by atoms with Gasteiger partial charge in [0.1, 0.15) is 5.52 Å². The maximum atomic E-state index is 10.8. The van der Waals surface area contributed by atoms with Gasteiger partial charge in [-0.2, -0.15) is 4.98 Å². The van der Waals surface area contributed by atoms with Crippen LogP contribution in [0.5, 0.6) is 0 Å². The van der Waals surface area contributed by atoms with Gasteiger partial charge in [-0.3, -0.25) is 4.79 Å². The van der Waals surface area contributed by atoms with Gasteiger partial charge in [-0.15, -0.1) is 0 Å². The Balaban J connectivity index is 2.30. The van der Waals surface area contributed by atoms with Crippen LogP contribution in [0, 0.1) is 5.92 Å². The molecule has 1 aromatic carbocycles. The number of oxazole rings is 1. The van der Waals surface area contributed by atoms with Gasteiger partial charge in [0.15, 0.2) is 5.58 Å². The number of fused-ring (bicyclic) bond motifs is 1. The van der Waals surface area contributed by atoms with Crippen LogP contribution in [0.3, 0.4) is 0 Å². The first-order chi connectivity index (χ1) is 8.88. The van der Waals surface area contributed by atoms with Crippen molar-refractivity contribution in [3.05, 3.63) is 22.2 Å². The smallest absolute Gasteiger partial charge is 0.308 e. The lowest BCUT2D eigenvalue weighted by Gasteiger charge is -2.16. The van der Waals surface area contributed by atoms with Crippen molar-refractivity contribution in [2.45, 2.75) is 6.92 Å². The number of halogens is 2. The van der Waals surface area contributed by atoms with Crippen LogP contribution >= 0.6 is 23.2 Å². The Morgan fingerprint density at radius 1 is 1.53 bits per heavy atom. The normalized spacial score (nSPS) is 12.6. The van der Waals surface area contributed by atoms with Crippen molar-refractivity contribution in [3.63, 3.8) is 0 Å². The largest absolute Gasteiger partial charge is 0.481 e. The summed E-state index contributed by atoms with van der Waals surface area (Å²) in [6.45, 7) is 1.90. The van der Waals surface area contributed by atoms with E-state index >= 15 is 0 Å². The summed E-state index contributed by atoms with van der Waals surface area (Å²) in [5.41, 5.74) is 0.984. The van der Waals surface area contributed by atoms with Crippen molar-refractivity contribution in [1.82, 2.24) is 4.98 Å². The minimum absolute atomic E-state index is 0.285. The zero-order chi connectivity index (χ0) is 14.2. The Morgan fingerprint density at radius 3 is 2.84 bits per heavy atom. The molecule has 0 aliphatic heterocycles. The second-order valence-electron chi connectivity index (χ2n) is 4.35. The third-order valence-corrected chi connectivity index (χ3v) is 3.19. The van der Waals surface area contributed by atoms with E-state index in [0.717, 1.165) is 0 Å². The number of aliphatic carboxylic acids is 1. The number of hydrogen-bond acceptors (Lipinski definition) is 4. The first-order valence-corrected chi connectivity index (χ1v) is 6.33. The van der Waals surface area contributed by atoms with Crippen LogP contribution in [0.25, 0.3) is 11.1 Å². The molecule has 0 fully saturated rings. The quantitative estimate of drug-likeness (QED) is 0.938. The number of carboxylic acids is 1. The van der Waals surface area contributed by atoms with Gasteiger partial charge in [-0.1, -0.05) is 30.1 Å². The zero-order valence-corrected chi connectivity index (χ0v) is 11.9. The summed E-state index contributed by atoms with van der Waals surface area (Å²) >= 11 is 11.9. The highest BCUT2D eigenvalue weighted by Crippen LogP contribution is 2.31. The van der Waals surface area contributed by atoms with Crippen LogP contribution in [0.2, 0.25) is 10.0 Å². The number of anilines is 1. The number of aromatic nitrogens is 1. The maximum absolute atomic E-state index is 10.8. The molecule has 0 amide bonds. The molecule has 19 heavy (non-hydrogen) atoms. The molecule has 1 aromatic heterocycles. The van der Waals surface area contributed by atoms with Crippen LogP contribution in [-0.2, 0) is 4.79 Å². The number of carboxylic acid groups (broad SMARTS) is 1. The number of benzene rings is 1. The summed E-state index contributed by atoms with van der Waals surface area (Å²) < 4.78 is 5.53. The molecule has 0 aliphatic rings. The van der Waals surface area contributed by atoms with E-state index in [-0.39, 0.29) is 6.54 Å². The Labute approximate surface area is 119 Å². The summed E-state index contributed by atoms with van der Waals surface area (Å²) in [6, 6.07) is 3.53. The SMILES string of the molecule is CC(CN(C)c1nc2cc(Cl)cc(Cl)c2o1)C(=O)O. The predicted octanol–water partition coefficient (Wildman–Crippen LogP) is 3.29. The highest BCUT2D eigenvalue weighted by Gasteiger charge is 2.18. The average Bonchev–Trinajstić information content (AvgIpc) is 2.72. The molecule has 2 rings (SSSR count). The molecule has 0 bridgehead atoms. The van der Waals surface area contributed by atoms with E-state index in [0.29, 0.717) is 27.2 Å². The van der Waals surface area contributed by atoms with Gasteiger partial charge in [0.2, 0.25) is 0 Å². The van der Waals surface area contributed by atoms with E-state index in [4.69, 9.17) is 32.7 Å². The Hall–Kier alpha value is -1.46. The van der Waals surface area contributed by atoms with Gasteiger partial charge < -0.3 is 14.4 Å². The molecular formula is C12H12Cl2N2O3. The fourth-order valence-electron chi connectivity index (χ4n) is 1.68. The van der Waals surface area contributed by atoms with Crippen LogP contribution in [0.4, 0.5) is 6.01 Å². The first kappa shape index (κ1) is 14.0. The lowest BCUT2D eigenvalue weighted by Crippen LogP contribution is -2.28. The molecule has 0 saturated heterocycles. The molecule has 0 saturated carbocycles. The second-order valence-corrected chi connectivity index (χ2v) is 5.20. The number of hydrogen-bond donors (Lipinski definition) is 1. The lowest BCUT2D eigenvalue weighted by atomic mass is 10.2. The molecule has 0 spiro atoms. The maximum Gasteiger partial charge on any atom is 0.308 e. The van der Waals surface area contributed by atoms with E-state index in [2.05, 4.69) is 4.98 Å². The van der Waals surface area contributed by atoms with Gasteiger partial charge in [-0.25, -0.2) is 0 Å². The lowest BCUT2D eigenvalue weighted by molar-refractivity contribution is -0.140. The fourth-order valence-corrected chi connectivity index (χ4v) is 2.20. The van der Waals surface area contributed by atoms with Crippen LogP contribution in [0.15, 0.2) is 16.5 Å². The number of rotatable bonds is 4. The molecule has 0 radical (unpaired) electrons. The summed E-state index contributed by atoms with van der Waals surface area (Å²) in [5, 5.41) is 9.73. The monoisotopic (exact) mass is 302 g/mol. The van der Waals surface area contributed by atoms with Crippen molar-refractivity contribution < 1.29 is 14.3 Å². The van der Waals surface area contributed by atoms with Crippen molar-refractivity contribution in [2.24, 2.45) is 5.92 Å². The summed E-state index contributed by atoms with van der Waals surface area (Å²) in [6.07, 6.45) is 0. The van der Waals surface area contributed by atoms with Crippen molar-refractivity contribution >= 4 is 46.3 Å². The first-order valence-electron chi connectivity index (χ1n) is 5.58. The van der Waals surface area contributed by atoms with Crippen LogP contribution in [-0.4, -0.2) is 29.7 Å². The highest BCUT2D eigenvalue weighted by molar-refractivity contribution is 6.38. The summed E-state index contributed by atoms with van der Waals surface area (Å²) in [5.74, 6) is -1.40. The minimum Gasteiger partial charge on any atom is -0.481 e. The number of carbonyl (C=O) groups is 1. The van der Waals surface area contributed by atoms with E-state index in [1.54, 1.807) is 31.0 Å². The Kier molecular flexibility index (Phi) is 3.87. The van der Waals surface area contributed by atoms with Crippen LogP contribution < -0.4 is 4.90 Å². The predicted molar refractivity (Wildman–Crippen MR) is 74.1 cm³/mol. The second kappa shape index (κ2) is 5.27. The minimum atomic E-state index is -0.871. The summed E-state index contributed by atoms with van der Waals surface area (Å²) in [7, 11) is 1.71. The zero-order valence-electron chi connectivity index (χ0n) is 10.4. The molecule has 102 valence electrons. The van der Waals surface area contributed by atoms with Crippen molar-refractivity contribution in [3.8, 4) is 0 Å². The van der Waals surface area contributed by atoms with E-state index in [9.17, 15) is 4.79 Å². The van der Waals surface area contributed by atoms with Gasteiger partial charge in [-0.05, 0) is 12.1 Å².